The van der Waals surface area contributed by atoms with E-state index in [1.807, 2.05) is 36.5 Å². The van der Waals surface area contributed by atoms with E-state index in [0.717, 1.165) is 11.3 Å². The van der Waals surface area contributed by atoms with Crippen LogP contribution >= 0.6 is 0 Å². The van der Waals surface area contributed by atoms with E-state index in [9.17, 15) is 9.59 Å². The molecule has 0 spiro atoms. The molecule has 2 heterocycles. The Morgan fingerprint density at radius 2 is 2.04 bits per heavy atom. The van der Waals surface area contributed by atoms with Gasteiger partial charge in [-0.05, 0) is 30.7 Å². The van der Waals surface area contributed by atoms with Gasteiger partial charge in [0, 0.05) is 18.1 Å². The summed E-state index contributed by atoms with van der Waals surface area (Å²) in [6, 6.07) is 8.39. The van der Waals surface area contributed by atoms with E-state index < -0.39 is 12.0 Å². The van der Waals surface area contributed by atoms with Crippen LogP contribution in [0.1, 0.15) is 18.5 Å². The normalized spacial score (nSPS) is 17.5. The number of esters is 1. The van der Waals surface area contributed by atoms with Crippen molar-refractivity contribution >= 4 is 12.0 Å². The van der Waals surface area contributed by atoms with Gasteiger partial charge in [0.05, 0.1) is 24.4 Å². The minimum absolute atomic E-state index is 0.351. The second-order valence-corrected chi connectivity index (χ2v) is 5.10. The molecule has 7 heteroatoms. The summed E-state index contributed by atoms with van der Waals surface area (Å²) >= 11 is 0. The molecule has 3 rings (SSSR count). The van der Waals surface area contributed by atoms with Crippen LogP contribution in [0.25, 0.3) is 5.69 Å². The summed E-state index contributed by atoms with van der Waals surface area (Å²) in [6.07, 6.45) is 3.54. The first-order valence-electron chi connectivity index (χ1n) is 7.06. The summed E-state index contributed by atoms with van der Waals surface area (Å²) in [7, 11) is 1.32. The standard InChI is InChI=1S/C16H16N4O3/c1-10-13(15(21)23-2)14(19-16(22)18-10)11-4-6-12(7-5-11)20-9-3-8-17-20/h3-9,14H,1-2H3,(H2,18,19,22)/t14-/m1/s1. The third-order valence-corrected chi connectivity index (χ3v) is 3.67. The molecule has 0 radical (unpaired) electrons. The van der Waals surface area contributed by atoms with Gasteiger partial charge in [0.2, 0.25) is 0 Å². The molecule has 2 amide bonds. The molecule has 0 aliphatic carbocycles. The number of benzene rings is 1. The van der Waals surface area contributed by atoms with Gasteiger partial charge in [-0.2, -0.15) is 5.10 Å². The Hall–Kier alpha value is -3.09. The fourth-order valence-corrected chi connectivity index (χ4v) is 2.57. The first-order valence-corrected chi connectivity index (χ1v) is 7.06. The number of methoxy groups -OCH3 is 1. The number of hydrogen-bond donors (Lipinski definition) is 2. The number of nitrogens with one attached hydrogen (secondary N) is 2. The van der Waals surface area contributed by atoms with E-state index in [2.05, 4.69) is 15.7 Å². The van der Waals surface area contributed by atoms with Crippen LogP contribution in [0.5, 0.6) is 0 Å². The van der Waals surface area contributed by atoms with E-state index in [1.165, 1.54) is 7.11 Å². The van der Waals surface area contributed by atoms with Crippen molar-refractivity contribution in [3.05, 3.63) is 59.6 Å². The van der Waals surface area contributed by atoms with Crippen LogP contribution in [0.3, 0.4) is 0 Å². The zero-order valence-corrected chi connectivity index (χ0v) is 12.7. The zero-order valence-electron chi connectivity index (χ0n) is 12.7. The van der Waals surface area contributed by atoms with Gasteiger partial charge in [-0.1, -0.05) is 12.1 Å². The molecule has 23 heavy (non-hydrogen) atoms. The molecule has 1 atom stereocenters. The maximum atomic E-state index is 12.0. The maximum Gasteiger partial charge on any atom is 0.337 e. The number of carbonyl (C=O) groups is 2. The van der Waals surface area contributed by atoms with Crippen LogP contribution in [-0.2, 0) is 9.53 Å². The molecule has 0 saturated carbocycles. The van der Waals surface area contributed by atoms with Gasteiger partial charge in [-0.15, -0.1) is 0 Å². The highest BCUT2D eigenvalue weighted by molar-refractivity contribution is 5.94. The molecule has 0 fully saturated rings. The van der Waals surface area contributed by atoms with Crippen LogP contribution < -0.4 is 10.6 Å². The summed E-state index contributed by atoms with van der Waals surface area (Å²) in [5.41, 5.74) is 2.55. The Labute approximate surface area is 132 Å². The Kier molecular flexibility index (Phi) is 3.84. The SMILES string of the molecule is COC(=O)C1=C(C)NC(=O)N[C@@H]1c1ccc(-n2cccn2)cc1. The predicted octanol–water partition coefficient (Wildman–Crippen LogP) is 1.67. The quantitative estimate of drug-likeness (QED) is 0.844. The lowest BCUT2D eigenvalue weighted by Gasteiger charge is -2.27. The summed E-state index contributed by atoms with van der Waals surface area (Å²) in [5.74, 6) is -0.476. The molecular formula is C16H16N4O3. The lowest BCUT2D eigenvalue weighted by atomic mass is 9.95. The van der Waals surface area contributed by atoms with Crippen molar-refractivity contribution in [2.45, 2.75) is 13.0 Å². The molecule has 0 unspecified atom stereocenters. The number of nitrogens with zero attached hydrogens (tertiary/aromatic N) is 2. The third kappa shape index (κ3) is 2.80. The molecule has 0 bridgehead atoms. The summed E-state index contributed by atoms with van der Waals surface area (Å²) in [5, 5.41) is 9.51. The lowest BCUT2D eigenvalue weighted by molar-refractivity contribution is -0.136. The monoisotopic (exact) mass is 312 g/mol. The number of hydrogen-bond acceptors (Lipinski definition) is 4. The predicted molar refractivity (Wildman–Crippen MR) is 82.7 cm³/mol. The second kappa shape index (κ2) is 5.96. The van der Waals surface area contributed by atoms with E-state index >= 15 is 0 Å². The van der Waals surface area contributed by atoms with Crippen molar-refractivity contribution < 1.29 is 14.3 Å². The number of aromatic nitrogens is 2. The maximum absolute atomic E-state index is 12.0. The molecule has 118 valence electrons. The van der Waals surface area contributed by atoms with Gasteiger partial charge >= 0.3 is 12.0 Å². The molecule has 2 N–H and O–H groups in total. The van der Waals surface area contributed by atoms with Gasteiger partial charge < -0.3 is 15.4 Å². The van der Waals surface area contributed by atoms with Gasteiger partial charge in [0.15, 0.2) is 0 Å². The van der Waals surface area contributed by atoms with Gasteiger partial charge in [-0.3, -0.25) is 0 Å². The minimum Gasteiger partial charge on any atom is -0.466 e. The first-order chi connectivity index (χ1) is 11.1. The molecule has 2 aromatic rings. The molecular weight excluding hydrogens is 296 g/mol. The molecule has 7 nitrogen and oxygen atoms in total. The fraction of sp³-hybridized carbons (Fsp3) is 0.188. The summed E-state index contributed by atoms with van der Waals surface area (Å²) in [4.78, 5) is 23.8. The van der Waals surface area contributed by atoms with Crippen LogP contribution in [0.2, 0.25) is 0 Å². The van der Waals surface area contributed by atoms with Crippen molar-refractivity contribution in [1.29, 1.82) is 0 Å². The molecule has 1 aromatic heterocycles. The number of ether oxygens (including phenoxy) is 1. The number of rotatable bonds is 3. The van der Waals surface area contributed by atoms with E-state index in [0.29, 0.717) is 11.3 Å². The van der Waals surface area contributed by atoms with Crippen molar-refractivity contribution in [2.24, 2.45) is 0 Å². The zero-order chi connectivity index (χ0) is 16.4. The largest absolute Gasteiger partial charge is 0.466 e. The highest BCUT2D eigenvalue weighted by Gasteiger charge is 2.31. The summed E-state index contributed by atoms with van der Waals surface area (Å²) < 4.78 is 6.56. The third-order valence-electron chi connectivity index (χ3n) is 3.67. The topological polar surface area (TPSA) is 85.2 Å². The van der Waals surface area contributed by atoms with Gasteiger partial charge in [0.1, 0.15) is 0 Å². The fourth-order valence-electron chi connectivity index (χ4n) is 2.57. The van der Waals surface area contributed by atoms with E-state index in [-0.39, 0.29) is 6.03 Å². The van der Waals surface area contributed by atoms with E-state index in [4.69, 9.17) is 4.74 Å². The highest BCUT2D eigenvalue weighted by Crippen LogP contribution is 2.28. The minimum atomic E-state index is -0.553. The number of carbonyl (C=O) groups excluding carboxylic acids is 2. The van der Waals surface area contributed by atoms with Crippen LogP contribution in [-0.4, -0.2) is 28.9 Å². The number of urea groups is 1. The Morgan fingerprint density at radius 3 is 2.65 bits per heavy atom. The smallest absolute Gasteiger partial charge is 0.337 e. The van der Waals surface area contributed by atoms with Crippen LogP contribution in [0, 0.1) is 0 Å². The Bertz CT molecular complexity index is 763. The average molecular weight is 312 g/mol. The highest BCUT2D eigenvalue weighted by atomic mass is 16.5. The summed E-state index contributed by atoms with van der Waals surface area (Å²) in [6.45, 7) is 1.68. The number of allylic oxidation sites excluding steroid dienone is 1. The molecule has 1 aliphatic rings. The Morgan fingerprint density at radius 1 is 1.30 bits per heavy atom. The second-order valence-electron chi connectivity index (χ2n) is 5.10. The molecule has 1 aliphatic heterocycles. The molecule has 1 aromatic carbocycles. The van der Waals surface area contributed by atoms with Crippen LogP contribution in [0.15, 0.2) is 54.0 Å². The average Bonchev–Trinajstić information content (AvgIpc) is 3.08. The van der Waals surface area contributed by atoms with Crippen molar-refractivity contribution in [1.82, 2.24) is 20.4 Å². The number of amides is 2. The van der Waals surface area contributed by atoms with Gasteiger partial charge in [-0.25, -0.2) is 14.3 Å². The van der Waals surface area contributed by atoms with Crippen molar-refractivity contribution in [3.63, 3.8) is 0 Å². The van der Waals surface area contributed by atoms with Crippen LogP contribution in [0.4, 0.5) is 4.79 Å². The Balaban J connectivity index is 1.97. The van der Waals surface area contributed by atoms with Crippen molar-refractivity contribution in [2.75, 3.05) is 7.11 Å². The van der Waals surface area contributed by atoms with E-state index in [1.54, 1.807) is 17.8 Å². The molecule has 0 saturated heterocycles. The van der Waals surface area contributed by atoms with Gasteiger partial charge in [0.25, 0.3) is 0 Å². The first kappa shape index (κ1) is 14.8. The lowest BCUT2D eigenvalue weighted by Crippen LogP contribution is -2.45. The van der Waals surface area contributed by atoms with Crippen molar-refractivity contribution in [3.8, 4) is 5.69 Å².